The van der Waals surface area contributed by atoms with E-state index in [-0.39, 0.29) is 5.91 Å². The fourth-order valence-corrected chi connectivity index (χ4v) is 3.75. The third-order valence-corrected chi connectivity index (χ3v) is 5.33. The third kappa shape index (κ3) is 3.05. The van der Waals surface area contributed by atoms with Gasteiger partial charge in [0.25, 0.3) is 5.91 Å². The summed E-state index contributed by atoms with van der Waals surface area (Å²) in [5, 5.41) is 1.99. The summed E-state index contributed by atoms with van der Waals surface area (Å²) in [6.45, 7) is 7.55. The Labute approximate surface area is 135 Å². The first-order valence-corrected chi connectivity index (χ1v) is 8.53. The molecule has 5 heteroatoms. The summed E-state index contributed by atoms with van der Waals surface area (Å²) in [5.41, 5.74) is 2.18. The van der Waals surface area contributed by atoms with Crippen molar-refractivity contribution in [2.75, 3.05) is 26.2 Å². The van der Waals surface area contributed by atoms with Crippen molar-refractivity contribution in [3.8, 4) is 0 Å². The molecule has 116 valence electrons. The van der Waals surface area contributed by atoms with Gasteiger partial charge in [0.15, 0.2) is 0 Å². The highest BCUT2D eigenvalue weighted by atomic mass is 32.1. The highest BCUT2D eigenvalue weighted by molar-refractivity contribution is 7.12. The fraction of sp³-hybridized carbons (Fsp3) is 0.412. The van der Waals surface area contributed by atoms with Gasteiger partial charge < -0.3 is 4.90 Å². The summed E-state index contributed by atoms with van der Waals surface area (Å²) in [6.07, 6.45) is 1.84. The first-order chi connectivity index (χ1) is 10.7. The van der Waals surface area contributed by atoms with E-state index < -0.39 is 0 Å². The maximum Gasteiger partial charge on any atom is 0.264 e. The van der Waals surface area contributed by atoms with Crippen LogP contribution in [0.15, 0.2) is 35.8 Å². The number of nitrogens with zero attached hydrogens (tertiary/aromatic N) is 3. The van der Waals surface area contributed by atoms with E-state index in [0.717, 1.165) is 42.3 Å². The summed E-state index contributed by atoms with van der Waals surface area (Å²) < 4.78 is 0. The minimum atomic E-state index is 0.178. The molecule has 22 heavy (non-hydrogen) atoms. The number of thiophene rings is 1. The maximum absolute atomic E-state index is 12.5. The van der Waals surface area contributed by atoms with Crippen LogP contribution in [0.25, 0.3) is 0 Å². The quantitative estimate of drug-likeness (QED) is 0.874. The Hall–Kier alpha value is -1.72. The van der Waals surface area contributed by atoms with Gasteiger partial charge in [-0.2, -0.15) is 0 Å². The molecule has 0 radical (unpaired) electrons. The van der Waals surface area contributed by atoms with Crippen molar-refractivity contribution in [3.05, 3.63) is 52.0 Å². The van der Waals surface area contributed by atoms with Crippen molar-refractivity contribution in [1.82, 2.24) is 14.8 Å². The van der Waals surface area contributed by atoms with E-state index >= 15 is 0 Å². The van der Waals surface area contributed by atoms with Crippen LogP contribution in [0.4, 0.5) is 0 Å². The molecular weight excluding hydrogens is 294 g/mol. The SMILES string of the molecule is Cc1ccsc1C(=O)N1CCN(C(C)c2ccccn2)CC1. The van der Waals surface area contributed by atoms with Crippen LogP contribution < -0.4 is 0 Å². The van der Waals surface area contributed by atoms with Gasteiger partial charge in [-0.3, -0.25) is 14.7 Å². The lowest BCUT2D eigenvalue weighted by molar-refractivity contribution is 0.0583. The zero-order valence-corrected chi connectivity index (χ0v) is 13.8. The van der Waals surface area contributed by atoms with Crippen molar-refractivity contribution in [2.24, 2.45) is 0 Å². The Kier molecular flexibility index (Phi) is 4.55. The molecule has 1 aliphatic rings. The highest BCUT2D eigenvalue weighted by Gasteiger charge is 2.26. The number of piperazine rings is 1. The van der Waals surface area contributed by atoms with Crippen molar-refractivity contribution in [3.63, 3.8) is 0 Å². The van der Waals surface area contributed by atoms with Gasteiger partial charge in [0.2, 0.25) is 0 Å². The van der Waals surface area contributed by atoms with Crippen LogP contribution in [-0.2, 0) is 0 Å². The molecule has 0 aliphatic carbocycles. The molecule has 1 amide bonds. The summed E-state index contributed by atoms with van der Waals surface area (Å²) in [7, 11) is 0. The lowest BCUT2D eigenvalue weighted by atomic mass is 10.1. The average molecular weight is 315 g/mol. The molecule has 0 saturated carbocycles. The highest BCUT2D eigenvalue weighted by Crippen LogP contribution is 2.22. The van der Waals surface area contributed by atoms with Gasteiger partial charge in [0.05, 0.1) is 10.6 Å². The number of carbonyl (C=O) groups is 1. The first-order valence-electron chi connectivity index (χ1n) is 7.65. The van der Waals surface area contributed by atoms with Gasteiger partial charge in [-0.05, 0) is 43.0 Å². The second-order valence-electron chi connectivity index (χ2n) is 5.69. The second-order valence-corrected chi connectivity index (χ2v) is 6.61. The number of pyridine rings is 1. The van der Waals surface area contributed by atoms with Crippen LogP contribution in [0.2, 0.25) is 0 Å². The number of aryl methyl sites for hydroxylation is 1. The van der Waals surface area contributed by atoms with Gasteiger partial charge in [-0.1, -0.05) is 6.07 Å². The summed E-state index contributed by atoms with van der Waals surface area (Å²) >= 11 is 1.54. The van der Waals surface area contributed by atoms with E-state index in [0.29, 0.717) is 6.04 Å². The minimum absolute atomic E-state index is 0.178. The molecular formula is C17H21N3OS. The molecule has 1 saturated heterocycles. The lowest BCUT2D eigenvalue weighted by Crippen LogP contribution is -2.49. The predicted molar refractivity (Wildman–Crippen MR) is 89.2 cm³/mol. The van der Waals surface area contributed by atoms with E-state index in [1.54, 1.807) is 11.3 Å². The van der Waals surface area contributed by atoms with Crippen molar-refractivity contribution < 1.29 is 4.79 Å². The van der Waals surface area contributed by atoms with Crippen molar-refractivity contribution >= 4 is 17.2 Å². The minimum Gasteiger partial charge on any atom is -0.335 e. The molecule has 1 atom stereocenters. The maximum atomic E-state index is 12.5. The Morgan fingerprint density at radius 3 is 2.59 bits per heavy atom. The second kappa shape index (κ2) is 6.58. The zero-order chi connectivity index (χ0) is 15.5. The predicted octanol–water partition coefficient (Wildman–Crippen LogP) is 2.97. The largest absolute Gasteiger partial charge is 0.335 e. The zero-order valence-electron chi connectivity index (χ0n) is 13.0. The standard InChI is InChI=1S/C17H21N3OS/c1-13-6-12-22-16(13)17(21)20-10-8-19(9-11-20)14(2)15-5-3-4-7-18-15/h3-7,12,14H,8-11H2,1-2H3. The molecule has 4 nitrogen and oxygen atoms in total. The molecule has 2 aromatic heterocycles. The van der Waals surface area contributed by atoms with Gasteiger partial charge in [0.1, 0.15) is 0 Å². The van der Waals surface area contributed by atoms with E-state index in [1.807, 2.05) is 41.6 Å². The third-order valence-electron chi connectivity index (χ3n) is 4.32. The number of hydrogen-bond acceptors (Lipinski definition) is 4. The summed E-state index contributed by atoms with van der Waals surface area (Å²) in [4.78, 5) is 22.2. The van der Waals surface area contributed by atoms with Crippen molar-refractivity contribution in [2.45, 2.75) is 19.9 Å². The molecule has 0 spiro atoms. The number of hydrogen-bond donors (Lipinski definition) is 0. The normalized spacial score (nSPS) is 17.5. The van der Waals surface area contributed by atoms with E-state index in [9.17, 15) is 4.79 Å². The van der Waals surface area contributed by atoms with Crippen LogP contribution in [0.5, 0.6) is 0 Å². The molecule has 0 bridgehead atoms. The van der Waals surface area contributed by atoms with Gasteiger partial charge in [0, 0.05) is 38.4 Å². The van der Waals surface area contributed by atoms with E-state index in [4.69, 9.17) is 0 Å². The molecule has 0 N–H and O–H groups in total. The van der Waals surface area contributed by atoms with Crippen LogP contribution in [0.3, 0.4) is 0 Å². The fourth-order valence-electron chi connectivity index (χ4n) is 2.86. The Balaban J connectivity index is 1.61. The Morgan fingerprint density at radius 2 is 2.00 bits per heavy atom. The van der Waals surface area contributed by atoms with E-state index in [1.165, 1.54) is 0 Å². The van der Waals surface area contributed by atoms with Gasteiger partial charge >= 0.3 is 0 Å². The molecule has 1 fully saturated rings. The van der Waals surface area contributed by atoms with Crippen LogP contribution in [0.1, 0.15) is 33.9 Å². The molecule has 3 rings (SSSR count). The Bertz CT molecular complexity index is 632. The molecule has 2 aromatic rings. The molecule has 0 aromatic carbocycles. The first kappa shape index (κ1) is 15.2. The van der Waals surface area contributed by atoms with Crippen LogP contribution in [0, 0.1) is 6.92 Å². The van der Waals surface area contributed by atoms with Crippen LogP contribution in [-0.4, -0.2) is 46.9 Å². The number of carbonyl (C=O) groups excluding carboxylic acids is 1. The summed E-state index contributed by atoms with van der Waals surface area (Å²) in [5.74, 6) is 0.178. The molecule has 3 heterocycles. The number of amides is 1. The molecule has 1 aliphatic heterocycles. The monoisotopic (exact) mass is 315 g/mol. The average Bonchev–Trinajstić information content (AvgIpc) is 3.00. The molecule has 1 unspecified atom stereocenters. The van der Waals surface area contributed by atoms with Crippen molar-refractivity contribution in [1.29, 1.82) is 0 Å². The smallest absolute Gasteiger partial charge is 0.264 e. The van der Waals surface area contributed by atoms with Gasteiger partial charge in [-0.25, -0.2) is 0 Å². The van der Waals surface area contributed by atoms with Crippen LogP contribution >= 0.6 is 11.3 Å². The van der Waals surface area contributed by atoms with E-state index in [2.05, 4.69) is 22.9 Å². The topological polar surface area (TPSA) is 36.4 Å². The number of aromatic nitrogens is 1. The number of rotatable bonds is 3. The lowest BCUT2D eigenvalue weighted by Gasteiger charge is -2.37. The van der Waals surface area contributed by atoms with Gasteiger partial charge in [-0.15, -0.1) is 11.3 Å². The Morgan fingerprint density at radius 1 is 1.23 bits per heavy atom. The summed E-state index contributed by atoms with van der Waals surface area (Å²) in [6, 6.07) is 8.34.